The fraction of sp³-hybridized carbons (Fsp3) is 0.263. The standard InChI is InChI=1S/C19H22N2O4/c1-13(2)15-6-4-5-7-17(15)25-12-19(23)21-20-11-14-8-9-18(24-3)16(22)10-14/h4-11,13,22H,12H2,1-3H3,(H,21,23)/b20-11+. The summed E-state index contributed by atoms with van der Waals surface area (Å²) in [5, 5.41) is 13.5. The molecule has 0 heterocycles. The Morgan fingerprint density at radius 2 is 2.00 bits per heavy atom. The number of methoxy groups -OCH3 is 1. The van der Waals surface area contributed by atoms with E-state index in [4.69, 9.17) is 9.47 Å². The quantitative estimate of drug-likeness (QED) is 0.599. The van der Waals surface area contributed by atoms with Crippen LogP contribution in [0.2, 0.25) is 0 Å². The van der Waals surface area contributed by atoms with Crippen LogP contribution in [0.25, 0.3) is 0 Å². The van der Waals surface area contributed by atoms with Gasteiger partial charge in [-0.2, -0.15) is 5.10 Å². The highest BCUT2D eigenvalue weighted by Crippen LogP contribution is 2.26. The molecule has 6 heteroatoms. The van der Waals surface area contributed by atoms with Crippen LogP contribution in [0, 0.1) is 0 Å². The van der Waals surface area contributed by atoms with E-state index in [0.29, 0.717) is 23.0 Å². The van der Waals surface area contributed by atoms with Gasteiger partial charge in [-0.15, -0.1) is 0 Å². The molecule has 0 bridgehead atoms. The van der Waals surface area contributed by atoms with Gasteiger partial charge >= 0.3 is 0 Å². The zero-order valence-electron chi connectivity index (χ0n) is 14.5. The van der Waals surface area contributed by atoms with Crippen molar-refractivity contribution in [3.8, 4) is 17.2 Å². The van der Waals surface area contributed by atoms with Gasteiger partial charge in [0.15, 0.2) is 18.1 Å². The van der Waals surface area contributed by atoms with Crippen LogP contribution >= 0.6 is 0 Å². The molecule has 0 unspecified atom stereocenters. The van der Waals surface area contributed by atoms with Gasteiger partial charge in [0, 0.05) is 0 Å². The lowest BCUT2D eigenvalue weighted by atomic mass is 10.0. The van der Waals surface area contributed by atoms with Crippen molar-refractivity contribution >= 4 is 12.1 Å². The number of aromatic hydroxyl groups is 1. The number of hydrogen-bond donors (Lipinski definition) is 2. The normalized spacial score (nSPS) is 10.9. The van der Waals surface area contributed by atoms with Gasteiger partial charge in [-0.1, -0.05) is 32.0 Å². The van der Waals surface area contributed by atoms with E-state index in [0.717, 1.165) is 5.56 Å². The lowest BCUT2D eigenvalue weighted by Crippen LogP contribution is -2.24. The van der Waals surface area contributed by atoms with Gasteiger partial charge in [0.05, 0.1) is 13.3 Å². The summed E-state index contributed by atoms with van der Waals surface area (Å²) in [5.74, 6) is 1.01. The third-order valence-electron chi connectivity index (χ3n) is 3.51. The van der Waals surface area contributed by atoms with Crippen LogP contribution < -0.4 is 14.9 Å². The highest BCUT2D eigenvalue weighted by atomic mass is 16.5. The second-order valence-electron chi connectivity index (χ2n) is 5.71. The molecule has 1 amide bonds. The molecule has 0 saturated carbocycles. The molecule has 2 N–H and O–H groups in total. The molecule has 0 aromatic heterocycles. The first-order valence-corrected chi connectivity index (χ1v) is 7.92. The Hall–Kier alpha value is -3.02. The maximum absolute atomic E-state index is 11.8. The predicted octanol–water partition coefficient (Wildman–Crippen LogP) is 3.05. The van der Waals surface area contributed by atoms with E-state index < -0.39 is 0 Å². The van der Waals surface area contributed by atoms with E-state index in [2.05, 4.69) is 24.4 Å². The van der Waals surface area contributed by atoms with Gasteiger partial charge in [0.25, 0.3) is 5.91 Å². The number of amides is 1. The van der Waals surface area contributed by atoms with E-state index in [-0.39, 0.29) is 18.3 Å². The smallest absolute Gasteiger partial charge is 0.277 e. The Bertz CT molecular complexity index is 757. The van der Waals surface area contributed by atoms with E-state index >= 15 is 0 Å². The largest absolute Gasteiger partial charge is 0.504 e. The third-order valence-corrected chi connectivity index (χ3v) is 3.51. The van der Waals surface area contributed by atoms with Crippen LogP contribution in [-0.2, 0) is 4.79 Å². The molecule has 2 aromatic rings. The van der Waals surface area contributed by atoms with Crippen molar-refractivity contribution < 1.29 is 19.4 Å². The Labute approximate surface area is 147 Å². The number of phenolic OH excluding ortho intramolecular Hbond substituents is 1. The summed E-state index contributed by atoms with van der Waals surface area (Å²) in [4.78, 5) is 11.8. The molecule has 0 spiro atoms. The number of para-hydroxylation sites is 1. The fourth-order valence-electron chi connectivity index (χ4n) is 2.23. The van der Waals surface area contributed by atoms with Crippen molar-refractivity contribution in [2.75, 3.05) is 13.7 Å². The van der Waals surface area contributed by atoms with Crippen LogP contribution in [0.3, 0.4) is 0 Å². The Kier molecular flexibility index (Phi) is 6.39. The van der Waals surface area contributed by atoms with Gasteiger partial charge in [-0.3, -0.25) is 4.79 Å². The number of nitrogens with zero attached hydrogens (tertiary/aromatic N) is 1. The van der Waals surface area contributed by atoms with Crippen LogP contribution in [0.15, 0.2) is 47.6 Å². The molecule has 6 nitrogen and oxygen atoms in total. The molecule has 0 radical (unpaired) electrons. The molecule has 2 aromatic carbocycles. The molecule has 0 aliphatic rings. The van der Waals surface area contributed by atoms with Gasteiger partial charge in [-0.05, 0) is 41.3 Å². The fourth-order valence-corrected chi connectivity index (χ4v) is 2.23. The first kappa shape index (κ1) is 18.3. The van der Waals surface area contributed by atoms with Crippen molar-refractivity contribution in [1.29, 1.82) is 0 Å². The molecule has 0 aliphatic heterocycles. The van der Waals surface area contributed by atoms with E-state index in [9.17, 15) is 9.90 Å². The minimum Gasteiger partial charge on any atom is -0.504 e. The number of hydrogen-bond acceptors (Lipinski definition) is 5. The van der Waals surface area contributed by atoms with Crippen LogP contribution in [-0.4, -0.2) is 30.9 Å². The van der Waals surface area contributed by atoms with Crippen molar-refractivity contribution in [1.82, 2.24) is 5.43 Å². The number of phenols is 1. The zero-order valence-corrected chi connectivity index (χ0v) is 14.5. The van der Waals surface area contributed by atoms with Gasteiger partial charge in [0.2, 0.25) is 0 Å². The number of carbonyl (C=O) groups excluding carboxylic acids is 1. The van der Waals surface area contributed by atoms with Gasteiger partial charge < -0.3 is 14.6 Å². The van der Waals surface area contributed by atoms with E-state index in [1.807, 2.05) is 24.3 Å². The monoisotopic (exact) mass is 342 g/mol. The molecule has 2 rings (SSSR count). The zero-order chi connectivity index (χ0) is 18.2. The number of rotatable bonds is 7. The molecule has 132 valence electrons. The molecule has 25 heavy (non-hydrogen) atoms. The van der Waals surface area contributed by atoms with Crippen molar-refractivity contribution in [2.45, 2.75) is 19.8 Å². The molecule has 0 fully saturated rings. The first-order chi connectivity index (χ1) is 12.0. The minimum absolute atomic E-state index is 0.00593. The second kappa shape index (κ2) is 8.73. The van der Waals surface area contributed by atoms with Crippen molar-refractivity contribution in [3.63, 3.8) is 0 Å². The topological polar surface area (TPSA) is 80.2 Å². The Morgan fingerprint density at radius 3 is 2.68 bits per heavy atom. The molecule has 0 atom stereocenters. The predicted molar refractivity (Wildman–Crippen MR) is 96.4 cm³/mol. The summed E-state index contributed by atoms with van der Waals surface area (Å²) in [6.45, 7) is 4.00. The molecular weight excluding hydrogens is 320 g/mol. The third kappa shape index (κ3) is 5.24. The molecule has 0 aliphatic carbocycles. The number of hydrazone groups is 1. The highest BCUT2D eigenvalue weighted by molar-refractivity contribution is 5.83. The maximum atomic E-state index is 11.8. The lowest BCUT2D eigenvalue weighted by Gasteiger charge is -2.12. The van der Waals surface area contributed by atoms with E-state index in [1.54, 1.807) is 12.1 Å². The summed E-state index contributed by atoms with van der Waals surface area (Å²) >= 11 is 0. The summed E-state index contributed by atoms with van der Waals surface area (Å²) in [7, 11) is 1.47. The summed E-state index contributed by atoms with van der Waals surface area (Å²) in [6.07, 6.45) is 1.43. The minimum atomic E-state index is -0.368. The number of benzene rings is 2. The molecular formula is C19H22N2O4. The average molecular weight is 342 g/mol. The summed E-state index contributed by atoms with van der Waals surface area (Å²) in [5.41, 5.74) is 4.07. The van der Waals surface area contributed by atoms with Crippen molar-refractivity contribution in [2.24, 2.45) is 5.10 Å². The second-order valence-corrected chi connectivity index (χ2v) is 5.71. The number of ether oxygens (including phenoxy) is 2. The van der Waals surface area contributed by atoms with Gasteiger partial charge in [0.1, 0.15) is 5.75 Å². The lowest BCUT2D eigenvalue weighted by molar-refractivity contribution is -0.123. The average Bonchev–Trinajstić information content (AvgIpc) is 2.60. The number of carbonyl (C=O) groups is 1. The van der Waals surface area contributed by atoms with E-state index in [1.165, 1.54) is 19.4 Å². The van der Waals surface area contributed by atoms with Crippen molar-refractivity contribution in [3.05, 3.63) is 53.6 Å². The summed E-state index contributed by atoms with van der Waals surface area (Å²) < 4.78 is 10.5. The van der Waals surface area contributed by atoms with Crippen LogP contribution in [0.5, 0.6) is 17.2 Å². The first-order valence-electron chi connectivity index (χ1n) is 7.92. The number of nitrogens with one attached hydrogen (secondary N) is 1. The molecule has 0 saturated heterocycles. The van der Waals surface area contributed by atoms with Crippen LogP contribution in [0.1, 0.15) is 30.9 Å². The van der Waals surface area contributed by atoms with Crippen LogP contribution in [0.4, 0.5) is 0 Å². The Morgan fingerprint density at radius 1 is 1.24 bits per heavy atom. The SMILES string of the molecule is COc1ccc(/C=N/NC(=O)COc2ccccc2C(C)C)cc1O. The van der Waals surface area contributed by atoms with Gasteiger partial charge in [-0.25, -0.2) is 5.43 Å². The maximum Gasteiger partial charge on any atom is 0.277 e. The summed E-state index contributed by atoms with van der Waals surface area (Å²) in [6, 6.07) is 12.4. The highest BCUT2D eigenvalue weighted by Gasteiger charge is 2.08. The Balaban J connectivity index is 1.88.